The average molecular weight is 1660 g/mol. The van der Waals surface area contributed by atoms with Crippen LogP contribution in [0.5, 0.6) is 0 Å². The van der Waals surface area contributed by atoms with Gasteiger partial charge in [-0.3, -0.25) is 19.2 Å². The van der Waals surface area contributed by atoms with E-state index in [0.29, 0.717) is 18.4 Å². The van der Waals surface area contributed by atoms with Crippen LogP contribution < -0.4 is 21.3 Å². The molecule has 116 heavy (non-hydrogen) atoms. The Bertz CT molecular complexity index is 2850. The Morgan fingerprint density at radius 3 is 1.36 bits per heavy atom. The third kappa shape index (κ3) is 32.1. The van der Waals surface area contributed by atoms with Gasteiger partial charge in [0.05, 0.1) is 55.8 Å². The summed E-state index contributed by atoms with van der Waals surface area (Å²) in [7, 11) is 5.47. The molecule has 1 aromatic carbocycles. The number of benzene rings is 1. The normalized spacial score (nSPS) is 33.3. The molecule has 31 atom stereocenters. The molecule has 1 aromatic rings. The Hall–Kier alpha value is -3.82. The molecule has 31 heteroatoms. The van der Waals surface area contributed by atoms with Crippen molar-refractivity contribution in [1.82, 2.24) is 21.3 Å². The molecule has 5 aliphatic heterocycles. The number of rotatable bonds is 55. The Morgan fingerprint density at radius 2 is 0.828 bits per heavy atom. The van der Waals surface area contributed by atoms with Crippen LogP contribution in [0.4, 0.5) is 0 Å². The van der Waals surface area contributed by atoms with Crippen LogP contribution in [-0.2, 0) is 91.9 Å². The van der Waals surface area contributed by atoms with Crippen LogP contribution in [0.25, 0.3) is 0 Å². The lowest BCUT2D eigenvalue weighted by Gasteiger charge is -2.49. The summed E-state index contributed by atoms with van der Waals surface area (Å²) in [6.45, 7) is 14.2. The molecule has 5 fully saturated rings. The van der Waals surface area contributed by atoms with E-state index in [0.717, 1.165) is 25.7 Å². The summed E-state index contributed by atoms with van der Waals surface area (Å²) in [5.41, 5.74) is 0.624. The standard InChI is InChI=1S/C85H150N4O27/c1-14-15-16-17-18-19-20-21-22-23-24-25-26-27-28-29-30-31-32-33-34-35-36-37-38-39-43-46-59(90)48-61(91)88-60(47-58-44-41-40-42-45-58)79(101)89-62(80(102)87-51(3)78(100)86-50(2)49-107-81-70(99)75(105-12)73(104-11)57(9)111-81)52(4)108-85-77(65(94)63(92)53(5)110-85)116-83-69(98)74(64(93)54(6)109-83)115-84-76(106-13)68(97)72(56(8)113-84)114-82-67(96)66(95)71(103-10)55(7)112-82/h40-42,44-45,50-57,59-60,62-77,81-85,90,92-99H,14-39,43,46-49H2,1-13H3,(H,86,100)(H,87,102)(H,88,91)(H,89,101). The minimum atomic E-state index is -1.97. The fourth-order valence-corrected chi connectivity index (χ4v) is 16.2. The third-order valence-electron chi connectivity index (χ3n) is 23.4. The lowest BCUT2D eigenvalue weighted by Crippen LogP contribution is -2.67. The molecule has 13 N–H and O–H groups in total. The number of methoxy groups -OCH3 is 4. The van der Waals surface area contributed by atoms with Gasteiger partial charge in [0, 0.05) is 40.9 Å². The zero-order valence-electron chi connectivity index (χ0n) is 71.6. The Morgan fingerprint density at radius 1 is 0.397 bits per heavy atom. The summed E-state index contributed by atoms with van der Waals surface area (Å²) in [6, 6.07) is 3.56. The van der Waals surface area contributed by atoms with E-state index in [9.17, 15) is 60.3 Å². The van der Waals surface area contributed by atoms with Gasteiger partial charge >= 0.3 is 0 Å². The van der Waals surface area contributed by atoms with Gasteiger partial charge in [-0.2, -0.15) is 0 Å². The maximum atomic E-state index is 15.0. The van der Waals surface area contributed by atoms with E-state index in [4.69, 9.17) is 66.3 Å². The van der Waals surface area contributed by atoms with Crippen molar-refractivity contribution >= 4 is 23.6 Å². The van der Waals surface area contributed by atoms with Crippen molar-refractivity contribution in [2.24, 2.45) is 0 Å². The van der Waals surface area contributed by atoms with E-state index in [2.05, 4.69) is 28.2 Å². The van der Waals surface area contributed by atoms with E-state index < -0.39 is 214 Å². The SMILES string of the molecule is CCCCCCCCCCCCCCCCCCCCCCCCCCCCCC(O)CC(=O)NC(Cc1ccccc1)C(=O)NC(C(=O)NC(C)C(=O)NC(C)COC1OC(C)C(OC)C(OC)C1O)C(C)OC1OC(C)C(O)C(O)C1OC1OC(C)C(O)C(OC2OC(C)C(OC3OC(C)C(OC)C(O)C3O)C(O)C2OC)C1O. The van der Waals surface area contributed by atoms with E-state index in [1.54, 1.807) is 51.1 Å². The number of carbonyl (C=O) groups is 4. The van der Waals surface area contributed by atoms with Gasteiger partial charge in [-0.25, -0.2) is 0 Å². The summed E-state index contributed by atoms with van der Waals surface area (Å²) in [6.07, 6.45) is -1.93. The predicted octanol–water partition coefficient (Wildman–Crippen LogP) is 6.15. The average Bonchev–Trinajstić information content (AvgIpc) is 0.774. The zero-order valence-corrected chi connectivity index (χ0v) is 71.6. The molecule has 0 saturated carbocycles. The first-order valence-corrected chi connectivity index (χ1v) is 43.6. The van der Waals surface area contributed by atoms with Gasteiger partial charge in [0.25, 0.3) is 0 Å². The van der Waals surface area contributed by atoms with Gasteiger partial charge in [-0.1, -0.05) is 211 Å². The first-order valence-electron chi connectivity index (χ1n) is 43.6. The van der Waals surface area contributed by atoms with Gasteiger partial charge in [0.15, 0.2) is 31.5 Å². The Labute approximate surface area is 689 Å². The van der Waals surface area contributed by atoms with Crippen molar-refractivity contribution in [3.63, 3.8) is 0 Å². The molecule has 672 valence electrons. The molecule has 31 nitrogen and oxygen atoms in total. The molecule has 0 spiro atoms. The summed E-state index contributed by atoms with van der Waals surface area (Å²) >= 11 is 0. The highest BCUT2D eigenvalue weighted by molar-refractivity contribution is 5.94. The molecule has 5 aliphatic rings. The maximum Gasteiger partial charge on any atom is 0.245 e. The van der Waals surface area contributed by atoms with Crippen LogP contribution in [0, 0.1) is 0 Å². The van der Waals surface area contributed by atoms with Crippen LogP contribution >= 0.6 is 0 Å². The number of aliphatic hydroxyl groups excluding tert-OH is 9. The lowest BCUT2D eigenvalue weighted by atomic mass is 9.96. The minimum Gasteiger partial charge on any atom is -0.393 e. The number of carbonyl (C=O) groups excluding carboxylic acids is 4. The monoisotopic (exact) mass is 1660 g/mol. The molecule has 0 aliphatic carbocycles. The van der Waals surface area contributed by atoms with Gasteiger partial charge in [-0.15, -0.1) is 0 Å². The summed E-state index contributed by atoms with van der Waals surface area (Å²) in [4.78, 5) is 58.0. The molecule has 5 saturated heterocycles. The summed E-state index contributed by atoms with van der Waals surface area (Å²) in [5.74, 6) is -3.22. The number of hydrogen-bond acceptors (Lipinski definition) is 27. The lowest BCUT2D eigenvalue weighted by molar-refractivity contribution is -0.390. The number of ether oxygens (including phenoxy) is 14. The molecule has 0 radical (unpaired) electrons. The number of aliphatic hydroxyl groups is 9. The second-order valence-corrected chi connectivity index (χ2v) is 33.0. The van der Waals surface area contributed by atoms with Crippen LogP contribution in [0.15, 0.2) is 30.3 Å². The predicted molar refractivity (Wildman–Crippen MR) is 429 cm³/mol. The highest BCUT2D eigenvalue weighted by Gasteiger charge is 2.56. The van der Waals surface area contributed by atoms with E-state index in [1.807, 2.05) is 0 Å². The number of unbranched alkanes of at least 4 members (excludes halogenated alkanes) is 26. The molecular weight excluding hydrogens is 1510 g/mol. The first-order chi connectivity index (χ1) is 55.6. The second-order valence-electron chi connectivity index (χ2n) is 33.0. The number of nitrogens with one attached hydrogen (secondary N) is 4. The molecule has 5 heterocycles. The van der Waals surface area contributed by atoms with Crippen LogP contribution in [0.2, 0.25) is 0 Å². The topological polar surface area (TPSA) is 428 Å². The quantitative estimate of drug-likeness (QED) is 0.0325. The Kier molecular flexibility index (Phi) is 47.0. The molecule has 31 unspecified atom stereocenters. The second kappa shape index (κ2) is 53.9. The molecule has 0 aromatic heterocycles. The Balaban J connectivity index is 1.06. The van der Waals surface area contributed by atoms with E-state index >= 15 is 4.79 Å². The van der Waals surface area contributed by atoms with Crippen LogP contribution in [0.1, 0.15) is 254 Å². The minimum absolute atomic E-state index is 0.0856. The smallest absolute Gasteiger partial charge is 0.245 e. The van der Waals surface area contributed by atoms with Crippen molar-refractivity contribution in [2.75, 3.05) is 35.0 Å². The summed E-state index contributed by atoms with van der Waals surface area (Å²) < 4.78 is 82.9. The van der Waals surface area contributed by atoms with Crippen molar-refractivity contribution in [1.29, 1.82) is 0 Å². The van der Waals surface area contributed by atoms with Gasteiger partial charge in [0.1, 0.15) is 110 Å². The molecule has 6 rings (SSSR count). The van der Waals surface area contributed by atoms with Crippen molar-refractivity contribution in [3.8, 4) is 0 Å². The van der Waals surface area contributed by atoms with E-state index in [1.165, 1.54) is 204 Å². The fourth-order valence-electron chi connectivity index (χ4n) is 16.2. The zero-order chi connectivity index (χ0) is 85.0. The van der Waals surface area contributed by atoms with Crippen LogP contribution in [-0.4, -0.2) is 295 Å². The van der Waals surface area contributed by atoms with Gasteiger partial charge < -0.3 is 134 Å². The first kappa shape index (κ1) is 101. The van der Waals surface area contributed by atoms with E-state index in [-0.39, 0.29) is 19.4 Å². The summed E-state index contributed by atoms with van der Waals surface area (Å²) in [5, 5.41) is 114. The van der Waals surface area contributed by atoms with Crippen molar-refractivity contribution < 1.29 is 131 Å². The number of amides is 4. The number of hydrogen-bond donors (Lipinski definition) is 13. The molecule has 4 amide bonds. The van der Waals surface area contributed by atoms with Crippen molar-refractivity contribution in [2.45, 2.75) is 445 Å². The van der Waals surface area contributed by atoms with Crippen molar-refractivity contribution in [3.05, 3.63) is 35.9 Å². The molecular formula is C85H150N4O27. The van der Waals surface area contributed by atoms with Gasteiger partial charge in [-0.05, 0) is 67.4 Å². The van der Waals surface area contributed by atoms with Crippen LogP contribution in [0.3, 0.4) is 0 Å². The third-order valence-corrected chi connectivity index (χ3v) is 23.4. The largest absolute Gasteiger partial charge is 0.393 e. The molecule has 0 bridgehead atoms. The highest BCUT2D eigenvalue weighted by atomic mass is 16.8. The highest BCUT2D eigenvalue weighted by Crippen LogP contribution is 2.37. The maximum absolute atomic E-state index is 15.0. The van der Waals surface area contributed by atoms with Gasteiger partial charge in [0.2, 0.25) is 23.6 Å². The fraction of sp³-hybridized carbons (Fsp3) is 0.882.